The topological polar surface area (TPSA) is 88.0 Å². The van der Waals surface area contributed by atoms with Gasteiger partial charge in [-0.15, -0.1) is 10.2 Å². The molecule has 1 N–H and O–H groups in total. The maximum absolute atomic E-state index is 14.1. The van der Waals surface area contributed by atoms with Gasteiger partial charge in [0.25, 0.3) is 0 Å². The molecule has 1 amide bonds. The Bertz CT molecular complexity index is 1040. The van der Waals surface area contributed by atoms with E-state index in [0.29, 0.717) is 35.7 Å². The third-order valence-corrected chi connectivity index (χ3v) is 7.30. The molecule has 0 radical (unpaired) electrons. The molecule has 2 aromatic rings. The van der Waals surface area contributed by atoms with Crippen LogP contribution in [0.15, 0.2) is 24.3 Å². The molecule has 1 aromatic heterocycles. The lowest BCUT2D eigenvalue weighted by molar-refractivity contribution is 0.0131. The third kappa shape index (κ3) is 4.19. The number of hydrogen-bond donors (Lipinski definition) is 1. The minimum atomic E-state index is -0.857. The maximum Gasteiger partial charge on any atom is 0.408 e. The first-order valence-corrected chi connectivity index (χ1v) is 11.2. The van der Waals surface area contributed by atoms with Crippen molar-refractivity contribution in [3.8, 4) is 17.0 Å². The quantitative estimate of drug-likeness (QED) is 0.596. The Balaban J connectivity index is 1.57. The second-order valence-electron chi connectivity index (χ2n) is 9.37. The van der Waals surface area contributed by atoms with Crippen LogP contribution >= 0.6 is 11.6 Å². The minimum Gasteiger partial charge on any atom is -0.467 e. The zero-order valence-corrected chi connectivity index (χ0v) is 19.9. The number of ether oxygens (including phenoxy) is 2. The van der Waals surface area contributed by atoms with Gasteiger partial charge in [-0.25, -0.2) is 9.18 Å². The third-order valence-electron chi connectivity index (χ3n) is 7.01. The van der Waals surface area contributed by atoms with Crippen LogP contribution < -0.4 is 9.64 Å². The molecule has 2 fully saturated rings. The van der Waals surface area contributed by atoms with Gasteiger partial charge in [-0.2, -0.15) is 0 Å². The van der Waals surface area contributed by atoms with Gasteiger partial charge in [-0.05, 0) is 57.7 Å². The highest BCUT2D eigenvalue weighted by atomic mass is 35.5. The summed E-state index contributed by atoms with van der Waals surface area (Å²) >= 11 is 5.91. The van der Waals surface area contributed by atoms with E-state index in [4.69, 9.17) is 21.1 Å². The first kappa shape index (κ1) is 23.5. The molecule has 0 spiro atoms. The van der Waals surface area contributed by atoms with E-state index in [1.807, 2.05) is 27.0 Å². The summed E-state index contributed by atoms with van der Waals surface area (Å²) in [5.41, 5.74) is 0.0519. The summed E-state index contributed by atoms with van der Waals surface area (Å²) < 4.78 is 24.6. The first-order chi connectivity index (χ1) is 15.6. The van der Waals surface area contributed by atoms with Gasteiger partial charge in [-0.1, -0.05) is 11.6 Å². The highest BCUT2D eigenvalue weighted by Crippen LogP contribution is 2.51. The Morgan fingerprint density at radius 1 is 1.27 bits per heavy atom. The molecule has 4 rings (SSSR count). The van der Waals surface area contributed by atoms with Crippen LogP contribution in [-0.2, 0) is 4.74 Å². The molecular weight excluding hydrogens is 451 g/mol. The van der Waals surface area contributed by atoms with E-state index >= 15 is 0 Å². The number of anilines is 1. The molecule has 2 bridgehead atoms. The number of nitrogens with zero attached hydrogens (tertiary/aromatic N) is 4. The number of halogens is 2. The Hall–Kier alpha value is -2.65. The molecule has 178 valence electrons. The number of amides is 1. The lowest BCUT2D eigenvalue weighted by Crippen LogP contribution is -2.62. The predicted octanol–water partition coefficient (Wildman–Crippen LogP) is 4.81. The average Bonchev–Trinajstić information content (AvgIpc) is 2.95. The van der Waals surface area contributed by atoms with E-state index < -0.39 is 23.0 Å². The van der Waals surface area contributed by atoms with E-state index in [-0.39, 0.29) is 17.9 Å². The van der Waals surface area contributed by atoms with Crippen LogP contribution in [0, 0.1) is 5.82 Å². The summed E-state index contributed by atoms with van der Waals surface area (Å²) in [6.07, 6.45) is 2.26. The fraction of sp³-hybridized carbons (Fsp3) is 0.522. The van der Waals surface area contributed by atoms with E-state index in [0.717, 1.165) is 12.8 Å². The maximum atomic E-state index is 14.1. The Morgan fingerprint density at radius 2 is 1.94 bits per heavy atom. The van der Waals surface area contributed by atoms with Gasteiger partial charge in [0.1, 0.15) is 11.6 Å². The van der Waals surface area contributed by atoms with Crippen molar-refractivity contribution in [2.24, 2.45) is 0 Å². The van der Waals surface area contributed by atoms with Crippen molar-refractivity contribution in [3.63, 3.8) is 0 Å². The monoisotopic (exact) mass is 478 g/mol. The van der Waals surface area contributed by atoms with E-state index in [9.17, 15) is 14.3 Å². The van der Waals surface area contributed by atoms with Crippen molar-refractivity contribution in [3.05, 3.63) is 35.1 Å². The molecule has 2 saturated heterocycles. The fourth-order valence-corrected chi connectivity index (χ4v) is 5.59. The van der Waals surface area contributed by atoms with Crippen LogP contribution in [0.3, 0.4) is 0 Å². The van der Waals surface area contributed by atoms with Crippen molar-refractivity contribution in [2.45, 2.75) is 56.7 Å². The molecular formula is C23H28ClFN4O4. The zero-order chi connectivity index (χ0) is 24.0. The molecule has 0 saturated carbocycles. The molecule has 0 unspecified atom stereocenters. The predicted molar refractivity (Wildman–Crippen MR) is 122 cm³/mol. The van der Waals surface area contributed by atoms with Crippen LogP contribution in [0.25, 0.3) is 11.3 Å². The second-order valence-corrected chi connectivity index (χ2v) is 9.78. The van der Waals surface area contributed by atoms with Gasteiger partial charge in [0.15, 0.2) is 12.6 Å². The highest BCUT2D eigenvalue weighted by molar-refractivity contribution is 6.31. The number of aromatic nitrogens is 2. The lowest BCUT2D eigenvalue weighted by Gasteiger charge is -2.51. The average molecular weight is 479 g/mol. The number of piperidine rings is 1. The van der Waals surface area contributed by atoms with E-state index in [1.54, 1.807) is 11.0 Å². The van der Waals surface area contributed by atoms with Gasteiger partial charge < -0.3 is 19.5 Å². The van der Waals surface area contributed by atoms with Crippen molar-refractivity contribution in [1.82, 2.24) is 15.1 Å². The minimum absolute atomic E-state index is 0.0181. The highest BCUT2D eigenvalue weighted by Gasteiger charge is 2.58. The van der Waals surface area contributed by atoms with Crippen LogP contribution in [-0.4, -0.2) is 64.4 Å². The largest absolute Gasteiger partial charge is 0.467 e. The smallest absolute Gasteiger partial charge is 0.408 e. The fourth-order valence-electron chi connectivity index (χ4n) is 5.44. The van der Waals surface area contributed by atoms with Gasteiger partial charge in [-0.3, -0.25) is 4.90 Å². The molecule has 1 aromatic carbocycles. The van der Waals surface area contributed by atoms with Gasteiger partial charge in [0, 0.05) is 42.9 Å². The number of fused-ring (bicyclic) bond motifs is 2. The molecule has 2 aliphatic heterocycles. The Labute approximate surface area is 197 Å². The van der Waals surface area contributed by atoms with E-state index in [2.05, 4.69) is 15.1 Å². The van der Waals surface area contributed by atoms with Crippen molar-refractivity contribution < 1.29 is 23.8 Å². The van der Waals surface area contributed by atoms with Gasteiger partial charge in [0.2, 0.25) is 0 Å². The molecule has 33 heavy (non-hydrogen) atoms. The normalized spacial score (nSPS) is 26.4. The van der Waals surface area contributed by atoms with Crippen LogP contribution in [0.1, 0.15) is 39.5 Å². The second kappa shape index (κ2) is 8.61. The van der Waals surface area contributed by atoms with E-state index in [1.165, 1.54) is 19.2 Å². The lowest BCUT2D eigenvalue weighted by atomic mass is 9.82. The standard InChI is InChI=1S/C23H28ClFN4O4/c1-22-7-8-23(2,29(22)21(30)31)12-14(11-22)28(3)20-6-5-18(26-27-20)15-9-17(25)16(24)10-19(15)33-13-32-4/h5-6,9-10,14H,7-8,11-13H2,1-4H3,(H,30,31)/t14-,22-,23+. The molecule has 3 atom stereocenters. The molecule has 10 heteroatoms. The number of carbonyl (C=O) groups is 1. The summed E-state index contributed by atoms with van der Waals surface area (Å²) in [4.78, 5) is 15.6. The van der Waals surface area contributed by atoms with Crippen LogP contribution in [0.5, 0.6) is 5.75 Å². The van der Waals surface area contributed by atoms with Gasteiger partial charge >= 0.3 is 6.09 Å². The Kier molecular flexibility index (Phi) is 6.13. The summed E-state index contributed by atoms with van der Waals surface area (Å²) in [7, 11) is 3.44. The number of benzene rings is 1. The first-order valence-electron chi connectivity index (χ1n) is 10.8. The van der Waals surface area contributed by atoms with Crippen molar-refractivity contribution in [2.75, 3.05) is 25.9 Å². The van der Waals surface area contributed by atoms with Crippen LogP contribution in [0.2, 0.25) is 5.02 Å². The van der Waals surface area contributed by atoms with Crippen LogP contribution in [0.4, 0.5) is 15.0 Å². The summed E-state index contributed by atoms with van der Waals surface area (Å²) in [5.74, 6) is 0.423. The number of rotatable bonds is 6. The molecule has 2 aliphatic rings. The van der Waals surface area contributed by atoms with Gasteiger partial charge in [0.05, 0.1) is 10.7 Å². The summed E-state index contributed by atoms with van der Waals surface area (Å²) in [5, 5.41) is 18.4. The molecule has 0 aliphatic carbocycles. The number of carboxylic acid groups (broad SMARTS) is 1. The SMILES string of the molecule is COCOc1cc(Cl)c(F)cc1-c1ccc(N(C)[C@H]2C[C@]3(C)CC[C@](C)(C2)N3C(=O)O)nn1. The summed E-state index contributed by atoms with van der Waals surface area (Å²) in [6.45, 7) is 4.03. The molecule has 8 nitrogen and oxygen atoms in total. The number of methoxy groups -OCH3 is 1. The van der Waals surface area contributed by atoms with Crippen molar-refractivity contribution in [1.29, 1.82) is 0 Å². The zero-order valence-electron chi connectivity index (χ0n) is 19.1. The van der Waals surface area contributed by atoms with Crippen molar-refractivity contribution >= 4 is 23.5 Å². The molecule has 3 heterocycles. The summed E-state index contributed by atoms with van der Waals surface area (Å²) in [6, 6.07) is 6.35. The number of hydrogen-bond acceptors (Lipinski definition) is 6. The Morgan fingerprint density at radius 3 is 2.48 bits per heavy atom.